The van der Waals surface area contributed by atoms with E-state index in [0.29, 0.717) is 27.4 Å². The maximum atomic E-state index is 13.0. The van der Waals surface area contributed by atoms with E-state index >= 15 is 0 Å². The zero-order chi connectivity index (χ0) is 25.7. The zero-order valence-corrected chi connectivity index (χ0v) is 20.5. The number of aryl methyl sites for hydroxylation is 1. The third-order valence-electron chi connectivity index (χ3n) is 5.28. The highest BCUT2D eigenvalue weighted by Crippen LogP contribution is 2.25. The molecule has 0 fully saturated rings. The number of thioether (sulfide) groups is 1. The molecular weight excluding hydrogens is 471 g/mol. The van der Waals surface area contributed by atoms with Crippen LogP contribution in [0.25, 0.3) is 0 Å². The van der Waals surface area contributed by atoms with Gasteiger partial charge in [0, 0.05) is 21.8 Å². The van der Waals surface area contributed by atoms with Crippen LogP contribution in [0.5, 0.6) is 0 Å². The van der Waals surface area contributed by atoms with Gasteiger partial charge in [-0.2, -0.15) is 0 Å². The Morgan fingerprint density at radius 2 is 1.71 bits per heavy atom. The van der Waals surface area contributed by atoms with Gasteiger partial charge in [0.15, 0.2) is 11.9 Å². The first kappa shape index (κ1) is 25.9. The summed E-state index contributed by atoms with van der Waals surface area (Å²) in [5.41, 5.74) is 2.46. The van der Waals surface area contributed by atoms with Crippen LogP contribution in [0.3, 0.4) is 0 Å². The van der Waals surface area contributed by atoms with E-state index in [1.165, 1.54) is 38.1 Å². The molecule has 1 unspecified atom stereocenters. The third kappa shape index (κ3) is 6.24. The van der Waals surface area contributed by atoms with Gasteiger partial charge in [-0.15, -0.1) is 11.8 Å². The number of benzene rings is 2. The summed E-state index contributed by atoms with van der Waals surface area (Å²) in [6, 6.07) is 12.0. The summed E-state index contributed by atoms with van der Waals surface area (Å²) in [7, 11) is 0. The molecule has 3 aromatic rings. The van der Waals surface area contributed by atoms with Gasteiger partial charge in [0.2, 0.25) is 11.7 Å². The van der Waals surface area contributed by atoms with Gasteiger partial charge < -0.3 is 15.0 Å². The van der Waals surface area contributed by atoms with Crippen LogP contribution < -0.4 is 5.32 Å². The molecule has 35 heavy (non-hydrogen) atoms. The minimum atomic E-state index is -1.10. The highest BCUT2D eigenvalue weighted by Gasteiger charge is 2.27. The first-order valence-electron chi connectivity index (χ1n) is 10.8. The van der Waals surface area contributed by atoms with Crippen LogP contribution in [-0.4, -0.2) is 40.3 Å². The molecule has 0 saturated heterocycles. The molecule has 182 valence electrons. The van der Waals surface area contributed by atoms with Gasteiger partial charge in [-0.3, -0.25) is 14.4 Å². The number of halogens is 1. The fourth-order valence-electron chi connectivity index (χ4n) is 3.64. The number of hydrogen-bond acceptors (Lipinski definition) is 6. The van der Waals surface area contributed by atoms with Crippen LogP contribution in [-0.2, 0) is 9.53 Å². The summed E-state index contributed by atoms with van der Waals surface area (Å²) in [5.74, 6) is -2.04. The van der Waals surface area contributed by atoms with Gasteiger partial charge >= 0.3 is 5.97 Å². The van der Waals surface area contributed by atoms with E-state index < -0.39 is 23.7 Å². The van der Waals surface area contributed by atoms with Gasteiger partial charge in [0.25, 0.3) is 0 Å². The van der Waals surface area contributed by atoms with Gasteiger partial charge in [-0.1, -0.05) is 12.1 Å². The Balaban J connectivity index is 1.66. The molecule has 2 aromatic carbocycles. The number of ketones is 2. The lowest BCUT2D eigenvalue weighted by molar-refractivity contribution is -0.113. The molecule has 1 aromatic heterocycles. The molecule has 1 atom stereocenters. The molecule has 1 amide bonds. The Kier molecular flexibility index (Phi) is 8.24. The number of aromatic amines is 1. The number of hydrogen-bond donors (Lipinski definition) is 2. The second-order valence-corrected chi connectivity index (χ2v) is 8.95. The number of anilines is 1. The first-order chi connectivity index (χ1) is 16.6. The molecule has 1 heterocycles. The number of ether oxygens (including phenoxy) is 1. The maximum Gasteiger partial charge on any atom is 0.339 e. The fraction of sp³-hybridized carbons (Fsp3) is 0.231. The molecule has 0 bridgehead atoms. The number of rotatable bonds is 9. The van der Waals surface area contributed by atoms with Crippen molar-refractivity contribution in [1.29, 1.82) is 0 Å². The molecule has 3 rings (SSSR count). The molecule has 0 aliphatic carbocycles. The molecule has 9 heteroatoms. The van der Waals surface area contributed by atoms with Crippen molar-refractivity contribution < 1.29 is 28.3 Å². The summed E-state index contributed by atoms with van der Waals surface area (Å²) in [6.45, 7) is 6.27. The molecule has 7 nitrogen and oxygen atoms in total. The average molecular weight is 497 g/mol. The number of H-pyrrole nitrogens is 1. The smallest absolute Gasteiger partial charge is 0.339 e. The molecule has 0 saturated carbocycles. The normalized spacial score (nSPS) is 11.6. The van der Waals surface area contributed by atoms with Crippen LogP contribution in [0, 0.1) is 19.7 Å². The Morgan fingerprint density at radius 1 is 1.06 bits per heavy atom. The lowest BCUT2D eigenvalue weighted by Gasteiger charge is -2.14. The van der Waals surface area contributed by atoms with Crippen molar-refractivity contribution in [1.82, 2.24) is 4.98 Å². The summed E-state index contributed by atoms with van der Waals surface area (Å²) >= 11 is 1.13. The molecular formula is C26H25FN2O5S. The van der Waals surface area contributed by atoms with Crippen LogP contribution >= 0.6 is 11.8 Å². The van der Waals surface area contributed by atoms with Gasteiger partial charge in [0.05, 0.1) is 17.0 Å². The van der Waals surface area contributed by atoms with E-state index in [2.05, 4.69) is 10.3 Å². The number of nitrogens with one attached hydrogen (secondary N) is 2. The van der Waals surface area contributed by atoms with E-state index in [-0.39, 0.29) is 28.7 Å². The van der Waals surface area contributed by atoms with Crippen LogP contribution in [0.2, 0.25) is 0 Å². The van der Waals surface area contributed by atoms with E-state index in [9.17, 15) is 23.6 Å². The Morgan fingerprint density at radius 3 is 2.34 bits per heavy atom. The first-order valence-corrected chi connectivity index (χ1v) is 11.8. The Hall–Kier alpha value is -3.72. The minimum Gasteiger partial charge on any atom is -0.451 e. The quantitative estimate of drug-likeness (QED) is 0.242. The highest BCUT2D eigenvalue weighted by atomic mass is 32.2. The predicted octanol–water partition coefficient (Wildman–Crippen LogP) is 5.13. The predicted molar refractivity (Wildman–Crippen MR) is 132 cm³/mol. The number of Topliss-reactive ketones (excluding diaryl/α,β-unsaturated/α-hetero) is 2. The maximum absolute atomic E-state index is 13.0. The van der Waals surface area contributed by atoms with E-state index in [0.717, 1.165) is 11.8 Å². The van der Waals surface area contributed by atoms with Gasteiger partial charge in [-0.05, 0) is 69.7 Å². The van der Waals surface area contributed by atoms with Crippen LogP contribution in [0.1, 0.15) is 56.3 Å². The van der Waals surface area contributed by atoms with Crippen molar-refractivity contribution in [3.8, 4) is 0 Å². The highest BCUT2D eigenvalue weighted by molar-refractivity contribution is 8.00. The lowest BCUT2D eigenvalue weighted by atomic mass is 10.0. The summed E-state index contributed by atoms with van der Waals surface area (Å²) in [5, 5.41) is 2.66. The monoisotopic (exact) mass is 496 g/mol. The van der Waals surface area contributed by atoms with Crippen molar-refractivity contribution in [3.63, 3.8) is 0 Å². The topological polar surface area (TPSA) is 105 Å². The van der Waals surface area contributed by atoms with Crippen LogP contribution in [0.15, 0.2) is 53.4 Å². The summed E-state index contributed by atoms with van der Waals surface area (Å²) in [6.07, 6.45) is -1.10. The van der Waals surface area contributed by atoms with Gasteiger partial charge in [-0.25, -0.2) is 9.18 Å². The van der Waals surface area contributed by atoms with E-state index in [1.54, 1.807) is 38.1 Å². The van der Waals surface area contributed by atoms with Crippen molar-refractivity contribution in [2.24, 2.45) is 0 Å². The fourth-order valence-corrected chi connectivity index (χ4v) is 4.48. The van der Waals surface area contributed by atoms with Crippen molar-refractivity contribution >= 4 is 40.9 Å². The van der Waals surface area contributed by atoms with Gasteiger partial charge in [0.1, 0.15) is 5.82 Å². The molecule has 0 aliphatic heterocycles. The van der Waals surface area contributed by atoms with Crippen molar-refractivity contribution in [2.45, 2.75) is 38.7 Å². The molecule has 0 radical (unpaired) electrons. The van der Waals surface area contributed by atoms with E-state index in [1.807, 2.05) is 0 Å². The number of amides is 1. The van der Waals surface area contributed by atoms with Crippen LogP contribution in [0.4, 0.5) is 10.1 Å². The Labute approximate surface area is 206 Å². The Bertz CT molecular complexity index is 1280. The summed E-state index contributed by atoms with van der Waals surface area (Å²) in [4.78, 5) is 53.3. The second-order valence-electron chi connectivity index (χ2n) is 7.93. The number of aromatic nitrogens is 1. The number of esters is 1. The molecule has 0 aliphatic rings. The van der Waals surface area contributed by atoms with E-state index in [4.69, 9.17) is 4.74 Å². The third-order valence-corrected chi connectivity index (χ3v) is 6.36. The molecule has 2 N–H and O–H groups in total. The SMILES string of the molecule is CC(=O)c1c(C)[nH]c(C(=O)C(C)OC(=O)c2ccccc2SCC(=O)Nc2ccc(F)cc2)c1C. The zero-order valence-electron chi connectivity index (χ0n) is 19.7. The molecule has 0 spiro atoms. The lowest BCUT2D eigenvalue weighted by Crippen LogP contribution is -2.25. The standard InChI is InChI=1S/C26H25FN2O5S/c1-14-23(16(3)30)15(2)28-24(14)25(32)17(4)34-26(33)20-7-5-6-8-21(20)35-13-22(31)29-19-11-9-18(27)10-12-19/h5-12,17,28H,13H2,1-4H3,(H,29,31). The average Bonchev–Trinajstić information content (AvgIpc) is 3.12. The van der Waals surface area contributed by atoms with Crippen molar-refractivity contribution in [2.75, 3.05) is 11.1 Å². The number of carbonyl (C=O) groups is 4. The largest absolute Gasteiger partial charge is 0.451 e. The number of carbonyl (C=O) groups excluding carboxylic acids is 4. The van der Waals surface area contributed by atoms with Crippen molar-refractivity contribution in [3.05, 3.63) is 82.4 Å². The minimum absolute atomic E-state index is 0.00488. The summed E-state index contributed by atoms with van der Waals surface area (Å²) < 4.78 is 18.5. The second kappa shape index (κ2) is 11.1.